The Morgan fingerprint density at radius 3 is 2.75 bits per heavy atom. The molecule has 0 heterocycles. The van der Waals surface area contributed by atoms with Crippen LogP contribution in [-0.2, 0) is 4.79 Å². The summed E-state index contributed by atoms with van der Waals surface area (Å²) >= 11 is 0. The molecule has 12 heavy (non-hydrogen) atoms. The second-order valence-corrected chi connectivity index (χ2v) is 2.56. The van der Waals surface area contributed by atoms with Crippen LogP contribution in [0.4, 0.5) is 5.69 Å². The zero-order chi connectivity index (χ0) is 8.97. The number of hydrogen-bond acceptors (Lipinski definition) is 2. The van der Waals surface area contributed by atoms with Gasteiger partial charge in [-0.05, 0) is 11.6 Å². The highest BCUT2D eigenvalue weighted by Gasteiger charge is 2.00. The van der Waals surface area contributed by atoms with Crippen LogP contribution in [-0.4, -0.2) is 6.29 Å². The molecule has 2 N–H and O–H groups in total. The van der Waals surface area contributed by atoms with Crippen LogP contribution in [0, 0.1) is 0 Å². The molecule has 0 aliphatic heterocycles. The third-order valence-electron chi connectivity index (χ3n) is 1.67. The third kappa shape index (κ3) is 1.72. The van der Waals surface area contributed by atoms with Gasteiger partial charge in [0.15, 0.2) is 0 Å². The summed E-state index contributed by atoms with van der Waals surface area (Å²) in [5.41, 5.74) is 7.98. The fourth-order valence-corrected chi connectivity index (χ4v) is 1.03. The van der Waals surface area contributed by atoms with Crippen LogP contribution in [0.15, 0.2) is 30.8 Å². The second kappa shape index (κ2) is 3.72. The lowest BCUT2D eigenvalue weighted by atomic mass is 10.0. The molecule has 0 amide bonds. The van der Waals surface area contributed by atoms with Crippen LogP contribution in [0.1, 0.15) is 12.0 Å². The van der Waals surface area contributed by atoms with E-state index < -0.39 is 0 Å². The highest BCUT2D eigenvalue weighted by Crippen LogP contribution is 2.20. The molecule has 2 heteroatoms. The second-order valence-electron chi connectivity index (χ2n) is 2.56. The third-order valence-corrected chi connectivity index (χ3v) is 1.67. The van der Waals surface area contributed by atoms with E-state index in [1.54, 1.807) is 6.07 Å². The van der Waals surface area contributed by atoms with Crippen molar-refractivity contribution in [3.05, 3.63) is 36.4 Å². The van der Waals surface area contributed by atoms with Crippen molar-refractivity contribution >= 4 is 17.5 Å². The van der Waals surface area contributed by atoms with Gasteiger partial charge in [0.05, 0.1) is 0 Å². The minimum atomic E-state index is 0.341. The molecule has 1 rings (SSSR count). The minimum absolute atomic E-state index is 0.341. The number of hydrogen-bond donors (Lipinski definition) is 1. The van der Waals surface area contributed by atoms with E-state index in [9.17, 15) is 4.79 Å². The highest BCUT2D eigenvalue weighted by atomic mass is 16.1. The van der Waals surface area contributed by atoms with Crippen LogP contribution < -0.4 is 5.73 Å². The highest BCUT2D eigenvalue weighted by molar-refractivity contribution is 5.81. The van der Waals surface area contributed by atoms with Crippen LogP contribution in [0.3, 0.4) is 0 Å². The molecule has 0 saturated heterocycles. The molecule has 0 radical (unpaired) electrons. The Labute approximate surface area is 71.7 Å². The van der Waals surface area contributed by atoms with E-state index in [1.165, 1.54) is 0 Å². The van der Waals surface area contributed by atoms with Crippen LogP contribution in [0.2, 0.25) is 0 Å². The number of allylic oxidation sites excluding steroid dienone is 1. The summed E-state index contributed by atoms with van der Waals surface area (Å²) in [6.07, 6.45) is 1.17. The van der Waals surface area contributed by atoms with Crippen molar-refractivity contribution in [1.82, 2.24) is 0 Å². The molecule has 0 saturated carbocycles. The first-order valence-electron chi connectivity index (χ1n) is 3.72. The van der Waals surface area contributed by atoms with E-state index >= 15 is 0 Å². The van der Waals surface area contributed by atoms with Gasteiger partial charge in [-0.1, -0.05) is 24.8 Å². The first kappa shape index (κ1) is 8.53. The largest absolute Gasteiger partial charge is 0.398 e. The van der Waals surface area contributed by atoms with Gasteiger partial charge in [0.2, 0.25) is 0 Å². The van der Waals surface area contributed by atoms with Gasteiger partial charge in [0, 0.05) is 17.7 Å². The molecule has 0 atom stereocenters. The molecule has 62 valence electrons. The maximum absolute atomic E-state index is 10.2. The van der Waals surface area contributed by atoms with Gasteiger partial charge in [0.25, 0.3) is 0 Å². The Kier molecular flexibility index (Phi) is 2.64. The first-order valence-corrected chi connectivity index (χ1v) is 3.72. The minimum Gasteiger partial charge on any atom is -0.398 e. The molecule has 0 spiro atoms. The van der Waals surface area contributed by atoms with Crippen molar-refractivity contribution in [3.63, 3.8) is 0 Å². The number of nitrogens with two attached hydrogens (primary N) is 1. The molecule has 0 aromatic heterocycles. The molecule has 1 aromatic carbocycles. The number of rotatable bonds is 3. The van der Waals surface area contributed by atoms with E-state index in [0.29, 0.717) is 12.1 Å². The van der Waals surface area contributed by atoms with Crippen LogP contribution >= 0.6 is 0 Å². The normalized spacial score (nSPS) is 9.33. The predicted octanol–water partition coefficient (Wildman–Crippen LogP) is 1.87. The number of carbonyl (C=O) groups is 1. The summed E-state index contributed by atoms with van der Waals surface area (Å²) in [4.78, 5) is 10.2. The van der Waals surface area contributed by atoms with Crippen molar-refractivity contribution in [2.75, 3.05) is 5.73 Å². The van der Waals surface area contributed by atoms with Gasteiger partial charge in [0.1, 0.15) is 6.29 Å². The maximum atomic E-state index is 10.2. The van der Waals surface area contributed by atoms with Gasteiger partial charge < -0.3 is 10.5 Å². The van der Waals surface area contributed by atoms with Crippen molar-refractivity contribution < 1.29 is 4.79 Å². The van der Waals surface area contributed by atoms with Gasteiger partial charge in [-0.15, -0.1) is 0 Å². The van der Waals surface area contributed by atoms with E-state index in [4.69, 9.17) is 5.73 Å². The zero-order valence-corrected chi connectivity index (χ0v) is 6.79. The lowest BCUT2D eigenvalue weighted by molar-refractivity contribution is -0.107. The number of carbonyl (C=O) groups excluding carboxylic acids is 1. The fraction of sp³-hybridized carbons (Fsp3) is 0.100. The summed E-state index contributed by atoms with van der Waals surface area (Å²) in [6.45, 7) is 3.76. The average molecular weight is 161 g/mol. The summed E-state index contributed by atoms with van der Waals surface area (Å²) in [5.74, 6) is 0. The van der Waals surface area contributed by atoms with Crippen molar-refractivity contribution in [1.29, 1.82) is 0 Å². The van der Waals surface area contributed by atoms with Gasteiger partial charge >= 0.3 is 0 Å². The molecule has 0 aliphatic rings. The molecule has 0 fully saturated rings. The Morgan fingerprint density at radius 2 is 2.17 bits per heavy atom. The number of para-hydroxylation sites is 1. The topological polar surface area (TPSA) is 43.1 Å². The van der Waals surface area contributed by atoms with Crippen molar-refractivity contribution in [2.24, 2.45) is 0 Å². The van der Waals surface area contributed by atoms with Crippen LogP contribution in [0.25, 0.3) is 5.57 Å². The molecule has 0 bridgehead atoms. The van der Waals surface area contributed by atoms with E-state index in [1.807, 2.05) is 18.2 Å². The Hall–Kier alpha value is -1.57. The number of benzene rings is 1. The SMILES string of the molecule is C=C(CC=O)c1ccccc1N. The lowest BCUT2D eigenvalue weighted by Crippen LogP contribution is -1.92. The van der Waals surface area contributed by atoms with Crippen molar-refractivity contribution in [2.45, 2.75) is 6.42 Å². The molecular weight excluding hydrogens is 150 g/mol. The fourth-order valence-electron chi connectivity index (χ4n) is 1.03. The number of nitrogen functional groups attached to an aromatic ring is 1. The summed E-state index contributed by atoms with van der Waals surface area (Å²) < 4.78 is 0. The number of aldehydes is 1. The van der Waals surface area contributed by atoms with Crippen molar-refractivity contribution in [3.8, 4) is 0 Å². The monoisotopic (exact) mass is 161 g/mol. The number of anilines is 1. The Morgan fingerprint density at radius 1 is 1.50 bits per heavy atom. The average Bonchev–Trinajstić information content (AvgIpc) is 2.05. The predicted molar refractivity (Wildman–Crippen MR) is 50.6 cm³/mol. The molecular formula is C10H11NO. The first-order chi connectivity index (χ1) is 5.75. The molecule has 2 nitrogen and oxygen atoms in total. The quantitative estimate of drug-likeness (QED) is 0.543. The molecule has 1 aromatic rings. The zero-order valence-electron chi connectivity index (χ0n) is 6.79. The lowest BCUT2D eigenvalue weighted by Gasteiger charge is -2.04. The molecule has 0 aliphatic carbocycles. The van der Waals surface area contributed by atoms with Gasteiger partial charge in [-0.25, -0.2) is 0 Å². The standard InChI is InChI=1S/C10H11NO/c1-8(6-7-12)9-4-2-3-5-10(9)11/h2-5,7H,1,6,11H2. The maximum Gasteiger partial charge on any atom is 0.124 e. The van der Waals surface area contributed by atoms with E-state index in [-0.39, 0.29) is 0 Å². The summed E-state index contributed by atoms with van der Waals surface area (Å²) in [7, 11) is 0. The summed E-state index contributed by atoms with van der Waals surface area (Å²) in [6, 6.07) is 7.39. The Balaban J connectivity index is 2.94. The molecule has 0 unspecified atom stereocenters. The Bertz CT molecular complexity index is 304. The summed E-state index contributed by atoms with van der Waals surface area (Å²) in [5, 5.41) is 0. The van der Waals surface area contributed by atoms with E-state index in [2.05, 4.69) is 6.58 Å². The van der Waals surface area contributed by atoms with Gasteiger partial charge in [-0.3, -0.25) is 0 Å². The van der Waals surface area contributed by atoms with E-state index in [0.717, 1.165) is 17.4 Å². The van der Waals surface area contributed by atoms with Gasteiger partial charge in [-0.2, -0.15) is 0 Å². The van der Waals surface area contributed by atoms with Crippen LogP contribution in [0.5, 0.6) is 0 Å². The smallest absolute Gasteiger partial charge is 0.124 e.